The number of hydrogen-bond donors (Lipinski definition) is 0. The number of aromatic nitrogens is 1. The summed E-state index contributed by atoms with van der Waals surface area (Å²) < 4.78 is 0. The molecular weight excluding hydrogens is 316 g/mol. The van der Waals surface area contributed by atoms with Crippen molar-refractivity contribution in [2.45, 2.75) is 19.2 Å². The molecule has 0 N–H and O–H groups in total. The van der Waals surface area contributed by atoms with Crippen molar-refractivity contribution in [3.05, 3.63) is 64.9 Å². The van der Waals surface area contributed by atoms with E-state index in [9.17, 15) is 4.79 Å². The number of benzene rings is 1. The van der Waals surface area contributed by atoms with Crippen LogP contribution in [-0.4, -0.2) is 28.1 Å². The van der Waals surface area contributed by atoms with Crippen molar-refractivity contribution in [3.8, 4) is 0 Å². The molecule has 0 aliphatic rings. The number of hydrogen-bond acceptors (Lipinski definition) is 3. The molecule has 0 saturated carbocycles. The van der Waals surface area contributed by atoms with E-state index in [2.05, 4.69) is 4.98 Å². The lowest BCUT2D eigenvalue weighted by Crippen LogP contribution is -2.31. The first kappa shape index (κ1) is 16.8. The monoisotopic (exact) mass is 334 g/mol. The second-order valence-corrected chi connectivity index (χ2v) is 6.24. The van der Waals surface area contributed by atoms with Crippen molar-refractivity contribution >= 4 is 29.3 Å². The first-order chi connectivity index (χ1) is 10.7. The van der Waals surface area contributed by atoms with Gasteiger partial charge in [-0.05, 0) is 36.2 Å². The third kappa shape index (κ3) is 5.04. The molecule has 0 bridgehead atoms. The highest BCUT2D eigenvalue weighted by molar-refractivity contribution is 7.99. The Hall–Kier alpha value is -1.52. The van der Waals surface area contributed by atoms with Gasteiger partial charge in [0, 0.05) is 36.3 Å². The highest BCUT2D eigenvalue weighted by atomic mass is 35.5. The second-order valence-electron chi connectivity index (χ2n) is 4.85. The first-order valence-corrected chi connectivity index (χ1v) is 8.71. The Morgan fingerprint density at radius 3 is 2.64 bits per heavy atom. The lowest BCUT2D eigenvalue weighted by atomic mass is 10.2. The van der Waals surface area contributed by atoms with E-state index in [0.29, 0.717) is 18.8 Å². The van der Waals surface area contributed by atoms with Crippen molar-refractivity contribution in [2.75, 3.05) is 12.3 Å². The van der Waals surface area contributed by atoms with Crippen molar-refractivity contribution in [1.82, 2.24) is 9.88 Å². The van der Waals surface area contributed by atoms with Crippen LogP contribution >= 0.6 is 23.4 Å². The summed E-state index contributed by atoms with van der Waals surface area (Å²) in [5.74, 6) is 1.36. The van der Waals surface area contributed by atoms with Crippen LogP contribution in [0.3, 0.4) is 0 Å². The van der Waals surface area contributed by atoms with E-state index < -0.39 is 0 Å². The fourth-order valence-corrected chi connectivity index (χ4v) is 3.25. The molecule has 5 heteroatoms. The van der Waals surface area contributed by atoms with Gasteiger partial charge in [0.1, 0.15) is 0 Å². The molecule has 0 aliphatic heterocycles. The molecule has 0 radical (unpaired) electrons. The van der Waals surface area contributed by atoms with E-state index >= 15 is 0 Å². The molecule has 0 fully saturated rings. The van der Waals surface area contributed by atoms with Crippen LogP contribution in [0, 0.1) is 0 Å². The van der Waals surface area contributed by atoms with Crippen molar-refractivity contribution in [1.29, 1.82) is 0 Å². The number of amides is 1. The number of halogens is 1. The molecule has 0 unspecified atom stereocenters. The van der Waals surface area contributed by atoms with Gasteiger partial charge in [-0.3, -0.25) is 9.78 Å². The molecule has 1 aromatic carbocycles. The van der Waals surface area contributed by atoms with Gasteiger partial charge in [0.25, 0.3) is 0 Å². The lowest BCUT2D eigenvalue weighted by Gasteiger charge is -2.20. The summed E-state index contributed by atoms with van der Waals surface area (Å²) in [7, 11) is 0. The van der Waals surface area contributed by atoms with Crippen LogP contribution in [0.25, 0.3) is 0 Å². The predicted molar refractivity (Wildman–Crippen MR) is 92.9 cm³/mol. The van der Waals surface area contributed by atoms with E-state index in [1.54, 1.807) is 24.2 Å². The van der Waals surface area contributed by atoms with Gasteiger partial charge in [0.05, 0.1) is 5.75 Å². The number of carbonyl (C=O) groups excluding carboxylic acids is 1. The molecule has 0 atom stereocenters. The Balaban J connectivity index is 1.83. The highest BCUT2D eigenvalue weighted by Gasteiger charge is 2.12. The molecule has 2 aromatic rings. The maximum absolute atomic E-state index is 12.3. The summed E-state index contributed by atoms with van der Waals surface area (Å²) in [5.41, 5.74) is 2.17. The zero-order valence-corrected chi connectivity index (χ0v) is 14.1. The Morgan fingerprint density at radius 1 is 1.23 bits per heavy atom. The highest BCUT2D eigenvalue weighted by Crippen LogP contribution is 2.21. The average Bonchev–Trinajstić information content (AvgIpc) is 2.55. The van der Waals surface area contributed by atoms with Crippen LogP contribution in [0.1, 0.15) is 18.1 Å². The van der Waals surface area contributed by atoms with E-state index in [-0.39, 0.29) is 5.91 Å². The molecule has 2 rings (SSSR count). The third-order valence-electron chi connectivity index (χ3n) is 3.30. The topological polar surface area (TPSA) is 33.2 Å². The average molecular weight is 335 g/mol. The molecule has 1 heterocycles. The van der Waals surface area contributed by atoms with Gasteiger partial charge in [-0.1, -0.05) is 29.8 Å². The van der Waals surface area contributed by atoms with Gasteiger partial charge in [-0.15, -0.1) is 11.8 Å². The number of rotatable bonds is 7. The summed E-state index contributed by atoms with van der Waals surface area (Å²) in [4.78, 5) is 18.2. The summed E-state index contributed by atoms with van der Waals surface area (Å²) >= 11 is 7.72. The maximum atomic E-state index is 12.3. The quantitative estimate of drug-likeness (QED) is 0.766. The Labute approximate surface area is 140 Å². The van der Waals surface area contributed by atoms with Crippen LogP contribution in [0.15, 0.2) is 48.8 Å². The minimum atomic E-state index is 0.149. The fraction of sp³-hybridized carbons (Fsp3) is 0.294. The first-order valence-electron chi connectivity index (χ1n) is 7.18. The molecule has 116 valence electrons. The minimum Gasteiger partial charge on any atom is -0.338 e. The van der Waals surface area contributed by atoms with Crippen LogP contribution < -0.4 is 0 Å². The van der Waals surface area contributed by atoms with Crippen molar-refractivity contribution < 1.29 is 4.79 Å². The third-order valence-corrected chi connectivity index (χ3v) is 4.63. The van der Waals surface area contributed by atoms with Gasteiger partial charge < -0.3 is 4.90 Å². The fourth-order valence-electron chi connectivity index (χ4n) is 2.04. The normalized spacial score (nSPS) is 10.5. The zero-order valence-electron chi connectivity index (χ0n) is 12.5. The van der Waals surface area contributed by atoms with E-state index in [4.69, 9.17) is 11.6 Å². The van der Waals surface area contributed by atoms with Crippen LogP contribution in [-0.2, 0) is 17.1 Å². The molecule has 22 heavy (non-hydrogen) atoms. The predicted octanol–water partition coefficient (Wildman–Crippen LogP) is 4.02. The van der Waals surface area contributed by atoms with Crippen molar-refractivity contribution in [2.24, 2.45) is 0 Å². The summed E-state index contributed by atoms with van der Waals surface area (Å²) in [6.07, 6.45) is 3.50. The SMILES string of the molecule is CCN(Cc1ccncc1)C(=O)CSCc1ccccc1Cl. The number of carbonyl (C=O) groups is 1. The lowest BCUT2D eigenvalue weighted by molar-refractivity contribution is -0.128. The summed E-state index contributed by atoms with van der Waals surface area (Å²) in [6.45, 7) is 3.33. The molecular formula is C17H19ClN2OS. The molecule has 0 saturated heterocycles. The van der Waals surface area contributed by atoms with E-state index in [0.717, 1.165) is 21.9 Å². The van der Waals surface area contributed by atoms with Gasteiger partial charge in [0.2, 0.25) is 5.91 Å². The van der Waals surface area contributed by atoms with Gasteiger partial charge in [-0.2, -0.15) is 0 Å². The van der Waals surface area contributed by atoms with Crippen LogP contribution in [0.2, 0.25) is 5.02 Å². The van der Waals surface area contributed by atoms with E-state index in [1.165, 1.54) is 0 Å². The van der Waals surface area contributed by atoms with Gasteiger partial charge in [-0.25, -0.2) is 0 Å². The summed E-state index contributed by atoms with van der Waals surface area (Å²) in [6, 6.07) is 11.6. The maximum Gasteiger partial charge on any atom is 0.232 e. The second kappa shape index (κ2) is 8.81. The molecule has 1 aromatic heterocycles. The van der Waals surface area contributed by atoms with Crippen LogP contribution in [0.4, 0.5) is 0 Å². The largest absolute Gasteiger partial charge is 0.338 e. The smallest absolute Gasteiger partial charge is 0.232 e. The Bertz CT molecular complexity index is 607. The summed E-state index contributed by atoms with van der Waals surface area (Å²) in [5, 5.41) is 0.756. The Kier molecular flexibility index (Phi) is 6.74. The van der Waals surface area contributed by atoms with Crippen LogP contribution in [0.5, 0.6) is 0 Å². The number of thioether (sulfide) groups is 1. The molecule has 3 nitrogen and oxygen atoms in total. The number of pyridine rings is 1. The number of nitrogens with zero attached hydrogens (tertiary/aromatic N) is 2. The molecule has 1 amide bonds. The van der Waals surface area contributed by atoms with Gasteiger partial charge >= 0.3 is 0 Å². The van der Waals surface area contributed by atoms with Gasteiger partial charge in [0.15, 0.2) is 0 Å². The van der Waals surface area contributed by atoms with Crippen molar-refractivity contribution in [3.63, 3.8) is 0 Å². The van der Waals surface area contributed by atoms with E-state index in [1.807, 2.05) is 48.2 Å². The minimum absolute atomic E-state index is 0.149. The molecule has 0 spiro atoms. The zero-order chi connectivity index (χ0) is 15.8. The molecule has 0 aliphatic carbocycles. The standard InChI is InChI=1S/C17H19ClN2OS/c1-2-20(11-14-7-9-19-10-8-14)17(21)13-22-12-15-5-3-4-6-16(15)18/h3-10H,2,11-13H2,1H3. The Morgan fingerprint density at radius 2 is 1.95 bits per heavy atom.